The molecule has 0 saturated carbocycles. The Morgan fingerprint density at radius 1 is 1.33 bits per heavy atom. The maximum atomic E-state index is 5.82. The lowest BCUT2D eigenvalue weighted by Crippen LogP contribution is -2.13. The van der Waals surface area contributed by atoms with Crippen molar-refractivity contribution in [3.05, 3.63) is 27.5 Å². The number of halogens is 2. The molecule has 0 spiro atoms. The van der Waals surface area contributed by atoms with E-state index in [9.17, 15) is 0 Å². The number of nitrogens with zero attached hydrogens (tertiary/aromatic N) is 1. The van der Waals surface area contributed by atoms with Crippen molar-refractivity contribution in [2.24, 2.45) is 0 Å². The molecule has 0 unspecified atom stereocenters. The van der Waals surface area contributed by atoms with Crippen LogP contribution in [0.1, 0.15) is 26.5 Å². The molecule has 1 nitrogen and oxygen atoms in total. The molecule has 1 heterocycles. The first-order chi connectivity index (χ1) is 5.41. The van der Waals surface area contributed by atoms with Crippen LogP contribution in [0.15, 0.2) is 16.7 Å². The molecular weight excluding hydrogens is 237 g/mol. The summed E-state index contributed by atoms with van der Waals surface area (Å²) >= 11 is 9.12. The first-order valence-corrected chi connectivity index (χ1v) is 4.91. The highest BCUT2D eigenvalue weighted by atomic mass is 79.9. The highest BCUT2D eigenvalue weighted by Gasteiger charge is 2.15. The second-order valence-corrected chi connectivity index (χ2v) is 4.88. The summed E-state index contributed by atoms with van der Waals surface area (Å²) in [4.78, 5) is 4.33. The Morgan fingerprint density at radius 2 is 1.92 bits per heavy atom. The van der Waals surface area contributed by atoms with Crippen molar-refractivity contribution in [1.29, 1.82) is 0 Å². The molecule has 0 atom stereocenters. The Kier molecular flexibility index (Phi) is 2.79. The predicted octanol–water partition coefficient (Wildman–Crippen LogP) is 3.80. The minimum atomic E-state index is 0.0765. The van der Waals surface area contributed by atoms with Gasteiger partial charge in [-0.1, -0.05) is 32.4 Å². The third-order valence-electron chi connectivity index (χ3n) is 1.57. The number of aromatic nitrogens is 1. The lowest BCUT2D eigenvalue weighted by atomic mass is 9.92. The normalized spacial score (nSPS) is 11.8. The van der Waals surface area contributed by atoms with Gasteiger partial charge in [0.1, 0.15) is 4.60 Å². The second-order valence-electron chi connectivity index (χ2n) is 3.72. The molecular formula is C9H11BrClN. The van der Waals surface area contributed by atoms with Crippen molar-refractivity contribution in [3.63, 3.8) is 0 Å². The lowest BCUT2D eigenvalue weighted by molar-refractivity contribution is 0.567. The van der Waals surface area contributed by atoms with Gasteiger partial charge in [0.25, 0.3) is 0 Å². The molecule has 0 aliphatic carbocycles. The topological polar surface area (TPSA) is 12.9 Å². The first kappa shape index (κ1) is 10.0. The van der Waals surface area contributed by atoms with Crippen LogP contribution in [0.25, 0.3) is 0 Å². The Morgan fingerprint density at radius 3 is 2.33 bits per heavy atom. The van der Waals surface area contributed by atoms with Crippen LogP contribution in [0.3, 0.4) is 0 Å². The van der Waals surface area contributed by atoms with E-state index in [1.165, 1.54) is 0 Å². The summed E-state index contributed by atoms with van der Waals surface area (Å²) in [6.45, 7) is 6.36. The summed E-state index contributed by atoms with van der Waals surface area (Å²) in [5.41, 5.74) is 1.12. The molecule has 0 fully saturated rings. The van der Waals surface area contributed by atoms with Gasteiger partial charge in [0.15, 0.2) is 0 Å². The van der Waals surface area contributed by atoms with E-state index >= 15 is 0 Å². The van der Waals surface area contributed by atoms with Crippen LogP contribution < -0.4 is 0 Å². The standard InChI is InChI=1S/C9H11BrClN/c1-9(2,3)7-5-4-6(11)8(10)12-7/h4-5H,1-3H3. The largest absolute Gasteiger partial charge is 0.244 e. The number of hydrogen-bond acceptors (Lipinski definition) is 1. The molecule has 0 saturated heterocycles. The van der Waals surface area contributed by atoms with E-state index < -0.39 is 0 Å². The molecule has 1 aromatic rings. The fourth-order valence-corrected chi connectivity index (χ4v) is 1.26. The van der Waals surface area contributed by atoms with E-state index in [2.05, 4.69) is 41.7 Å². The van der Waals surface area contributed by atoms with Crippen LogP contribution in [0, 0.1) is 0 Å². The molecule has 0 amide bonds. The van der Waals surface area contributed by atoms with E-state index in [1.807, 2.05) is 12.1 Å². The smallest absolute Gasteiger partial charge is 0.124 e. The minimum Gasteiger partial charge on any atom is -0.244 e. The summed E-state index contributed by atoms with van der Waals surface area (Å²) in [7, 11) is 0. The van der Waals surface area contributed by atoms with Crippen molar-refractivity contribution in [2.75, 3.05) is 0 Å². The molecule has 0 radical (unpaired) electrons. The zero-order valence-corrected chi connectivity index (χ0v) is 9.70. The first-order valence-electron chi connectivity index (χ1n) is 3.74. The zero-order valence-electron chi connectivity index (χ0n) is 7.36. The van der Waals surface area contributed by atoms with E-state index in [0.717, 1.165) is 10.3 Å². The van der Waals surface area contributed by atoms with E-state index in [4.69, 9.17) is 11.6 Å². The number of hydrogen-bond donors (Lipinski definition) is 0. The molecule has 0 bridgehead atoms. The van der Waals surface area contributed by atoms with Gasteiger partial charge in [-0.05, 0) is 28.1 Å². The molecule has 1 aromatic heterocycles. The lowest BCUT2D eigenvalue weighted by Gasteiger charge is -2.17. The Labute approximate surface area is 86.3 Å². The number of rotatable bonds is 0. The van der Waals surface area contributed by atoms with Gasteiger partial charge < -0.3 is 0 Å². The van der Waals surface area contributed by atoms with Crippen LogP contribution in [0.4, 0.5) is 0 Å². The van der Waals surface area contributed by atoms with E-state index in [0.29, 0.717) is 5.02 Å². The maximum absolute atomic E-state index is 5.82. The van der Waals surface area contributed by atoms with Crippen molar-refractivity contribution < 1.29 is 0 Å². The SMILES string of the molecule is CC(C)(C)c1ccc(Cl)c(Br)n1. The van der Waals surface area contributed by atoms with Gasteiger partial charge in [-0.3, -0.25) is 0 Å². The molecule has 1 rings (SSSR count). The third-order valence-corrected chi connectivity index (χ3v) is 2.71. The number of pyridine rings is 1. The van der Waals surface area contributed by atoms with Crippen LogP contribution in [-0.4, -0.2) is 4.98 Å². The van der Waals surface area contributed by atoms with Gasteiger partial charge in [0.2, 0.25) is 0 Å². The Hall–Kier alpha value is -0.0800. The molecule has 0 aliphatic heterocycles. The summed E-state index contributed by atoms with van der Waals surface area (Å²) in [5, 5.41) is 0.656. The molecule has 12 heavy (non-hydrogen) atoms. The van der Waals surface area contributed by atoms with E-state index in [1.54, 1.807) is 0 Å². The van der Waals surface area contributed by atoms with Gasteiger partial charge >= 0.3 is 0 Å². The molecule has 66 valence electrons. The summed E-state index contributed by atoms with van der Waals surface area (Å²) in [5.74, 6) is 0. The quantitative estimate of drug-likeness (QED) is 0.637. The van der Waals surface area contributed by atoms with Gasteiger partial charge in [0, 0.05) is 11.1 Å². The van der Waals surface area contributed by atoms with Gasteiger partial charge in [-0.2, -0.15) is 0 Å². The predicted molar refractivity (Wildman–Crippen MR) is 55.6 cm³/mol. The molecule has 0 N–H and O–H groups in total. The van der Waals surface area contributed by atoms with Crippen molar-refractivity contribution in [3.8, 4) is 0 Å². The average Bonchev–Trinajstić information content (AvgIpc) is 1.92. The fourth-order valence-electron chi connectivity index (χ4n) is 0.835. The van der Waals surface area contributed by atoms with Gasteiger partial charge in [-0.15, -0.1) is 0 Å². The molecule has 0 aromatic carbocycles. The highest BCUT2D eigenvalue weighted by Crippen LogP contribution is 2.26. The minimum absolute atomic E-state index is 0.0765. The summed E-state index contributed by atoms with van der Waals surface area (Å²) in [6, 6.07) is 3.81. The fraction of sp³-hybridized carbons (Fsp3) is 0.444. The van der Waals surface area contributed by atoms with Gasteiger partial charge in [-0.25, -0.2) is 4.98 Å². The highest BCUT2D eigenvalue weighted by molar-refractivity contribution is 9.10. The Balaban J connectivity index is 3.14. The Bertz CT molecular complexity index is 291. The summed E-state index contributed by atoms with van der Waals surface area (Å²) in [6.07, 6.45) is 0. The third kappa shape index (κ3) is 2.20. The van der Waals surface area contributed by atoms with Crippen LogP contribution in [-0.2, 0) is 5.41 Å². The maximum Gasteiger partial charge on any atom is 0.124 e. The molecule has 3 heteroatoms. The monoisotopic (exact) mass is 247 g/mol. The van der Waals surface area contributed by atoms with Crippen molar-refractivity contribution >= 4 is 27.5 Å². The van der Waals surface area contributed by atoms with Crippen molar-refractivity contribution in [2.45, 2.75) is 26.2 Å². The van der Waals surface area contributed by atoms with Crippen LogP contribution in [0.5, 0.6) is 0 Å². The second kappa shape index (κ2) is 3.35. The molecule has 0 aliphatic rings. The zero-order chi connectivity index (χ0) is 9.35. The van der Waals surface area contributed by atoms with Crippen LogP contribution in [0.2, 0.25) is 5.02 Å². The average molecular weight is 249 g/mol. The van der Waals surface area contributed by atoms with Crippen molar-refractivity contribution in [1.82, 2.24) is 4.98 Å². The van der Waals surface area contributed by atoms with E-state index in [-0.39, 0.29) is 5.41 Å². The van der Waals surface area contributed by atoms with Gasteiger partial charge in [0.05, 0.1) is 5.02 Å². The van der Waals surface area contributed by atoms with Crippen LogP contribution >= 0.6 is 27.5 Å². The summed E-state index contributed by atoms with van der Waals surface area (Å²) < 4.78 is 0.719.